The third-order valence-corrected chi connectivity index (χ3v) is 7.52. The predicted octanol–water partition coefficient (Wildman–Crippen LogP) is 5.66. The minimum atomic E-state index is 0.395. The first-order chi connectivity index (χ1) is 17.7. The molecule has 0 spiro atoms. The lowest BCUT2D eigenvalue weighted by molar-refractivity contribution is 0.158. The number of hydrogen-bond donors (Lipinski definition) is 0. The third-order valence-electron chi connectivity index (χ3n) is 6.84. The van der Waals surface area contributed by atoms with Crippen molar-refractivity contribution in [3.63, 3.8) is 0 Å². The van der Waals surface area contributed by atoms with E-state index in [9.17, 15) is 0 Å². The van der Waals surface area contributed by atoms with Gasteiger partial charge in [-0.15, -0.1) is 10.2 Å². The molecule has 6 rings (SSSR count). The van der Waals surface area contributed by atoms with Crippen molar-refractivity contribution in [2.75, 3.05) is 13.1 Å². The molecule has 1 saturated heterocycles. The Bertz CT molecular complexity index is 1530. The number of fused-ring (bicyclic) bond motifs is 1. The van der Waals surface area contributed by atoms with Crippen LogP contribution in [-0.2, 0) is 13.2 Å². The van der Waals surface area contributed by atoms with Gasteiger partial charge < -0.3 is 0 Å². The van der Waals surface area contributed by atoms with Gasteiger partial charge >= 0.3 is 0 Å². The molecule has 0 atom stereocenters. The summed E-state index contributed by atoms with van der Waals surface area (Å²) in [5.41, 5.74) is 3.09. The van der Waals surface area contributed by atoms with Crippen molar-refractivity contribution in [1.82, 2.24) is 33.8 Å². The maximum atomic E-state index is 6.15. The Kier molecular flexibility index (Phi) is 6.39. The van der Waals surface area contributed by atoms with Crippen LogP contribution in [0.4, 0.5) is 0 Å². The van der Waals surface area contributed by atoms with Crippen LogP contribution in [0.5, 0.6) is 0 Å². The maximum absolute atomic E-state index is 6.15. The lowest BCUT2D eigenvalue weighted by Crippen LogP contribution is -2.35. The monoisotopic (exact) mass is 515 g/mol. The van der Waals surface area contributed by atoms with Crippen molar-refractivity contribution in [2.45, 2.75) is 32.0 Å². The van der Waals surface area contributed by atoms with Gasteiger partial charge in [-0.05, 0) is 67.0 Å². The van der Waals surface area contributed by atoms with Crippen molar-refractivity contribution in [3.05, 3.63) is 100 Å². The van der Waals surface area contributed by atoms with Crippen molar-refractivity contribution in [3.8, 4) is 11.4 Å². The Morgan fingerprint density at radius 3 is 2.42 bits per heavy atom. The number of aromatic nitrogens is 6. The second-order valence-corrected chi connectivity index (χ2v) is 10.0. The Labute approximate surface area is 219 Å². The Morgan fingerprint density at radius 2 is 1.64 bits per heavy atom. The molecule has 5 aromatic rings. The van der Waals surface area contributed by atoms with Crippen LogP contribution in [0.1, 0.15) is 30.1 Å². The number of pyridine rings is 1. The molecular formula is C27H26ClN7S. The summed E-state index contributed by atoms with van der Waals surface area (Å²) in [6, 6.07) is 24.2. The second kappa shape index (κ2) is 9.97. The van der Waals surface area contributed by atoms with E-state index in [1.807, 2.05) is 71.5 Å². The zero-order valence-electron chi connectivity index (χ0n) is 19.7. The van der Waals surface area contributed by atoms with Crippen LogP contribution in [0, 0.1) is 4.77 Å². The molecule has 1 fully saturated rings. The molecule has 0 bridgehead atoms. The van der Waals surface area contributed by atoms with E-state index in [4.69, 9.17) is 28.9 Å². The Morgan fingerprint density at radius 1 is 0.889 bits per heavy atom. The summed E-state index contributed by atoms with van der Waals surface area (Å²) < 4.78 is 6.90. The number of hydrogen-bond acceptors (Lipinski definition) is 5. The SMILES string of the molecule is S=c1n(CN2CCC(c3nnc4ccccn34)CC2)nc(-c2ccc(Cl)cc2)n1Cc1ccccc1. The predicted molar refractivity (Wildman–Crippen MR) is 144 cm³/mol. The van der Waals surface area contributed by atoms with Gasteiger partial charge in [-0.1, -0.05) is 48.0 Å². The Balaban J connectivity index is 1.23. The van der Waals surface area contributed by atoms with Gasteiger partial charge in [0.25, 0.3) is 0 Å². The molecule has 1 aliphatic rings. The van der Waals surface area contributed by atoms with Gasteiger partial charge in [0, 0.05) is 35.8 Å². The lowest BCUT2D eigenvalue weighted by atomic mass is 9.96. The number of piperidine rings is 1. The molecule has 36 heavy (non-hydrogen) atoms. The molecular weight excluding hydrogens is 490 g/mol. The highest BCUT2D eigenvalue weighted by Crippen LogP contribution is 2.28. The van der Waals surface area contributed by atoms with Gasteiger partial charge in [0.15, 0.2) is 16.2 Å². The van der Waals surface area contributed by atoms with Crippen LogP contribution >= 0.6 is 23.8 Å². The second-order valence-electron chi connectivity index (χ2n) is 9.21. The largest absolute Gasteiger partial charge is 0.295 e. The zero-order chi connectivity index (χ0) is 24.5. The minimum absolute atomic E-state index is 0.395. The van der Waals surface area contributed by atoms with Crippen LogP contribution in [-0.4, -0.2) is 46.9 Å². The van der Waals surface area contributed by atoms with Crippen LogP contribution in [0.15, 0.2) is 79.0 Å². The van der Waals surface area contributed by atoms with Gasteiger partial charge in [-0.3, -0.25) is 13.9 Å². The fourth-order valence-electron chi connectivity index (χ4n) is 4.91. The number of likely N-dealkylation sites (tertiary alicyclic amines) is 1. The van der Waals surface area contributed by atoms with Gasteiger partial charge in [-0.2, -0.15) is 5.10 Å². The maximum Gasteiger partial charge on any atom is 0.199 e. The van der Waals surface area contributed by atoms with E-state index in [1.54, 1.807) is 0 Å². The van der Waals surface area contributed by atoms with Crippen molar-refractivity contribution in [2.24, 2.45) is 0 Å². The van der Waals surface area contributed by atoms with Crippen molar-refractivity contribution in [1.29, 1.82) is 0 Å². The number of halogens is 1. The summed E-state index contributed by atoms with van der Waals surface area (Å²) in [4.78, 5) is 2.42. The van der Waals surface area contributed by atoms with Gasteiger partial charge in [0.1, 0.15) is 5.82 Å². The van der Waals surface area contributed by atoms with Gasteiger partial charge in [0.2, 0.25) is 0 Å². The number of nitrogens with zero attached hydrogens (tertiary/aromatic N) is 7. The molecule has 0 radical (unpaired) electrons. The first-order valence-corrected chi connectivity index (χ1v) is 12.9. The van der Waals surface area contributed by atoms with E-state index in [0.717, 1.165) is 53.6 Å². The van der Waals surface area contributed by atoms with Gasteiger partial charge in [-0.25, -0.2) is 4.68 Å². The van der Waals surface area contributed by atoms with E-state index < -0.39 is 0 Å². The van der Waals surface area contributed by atoms with E-state index >= 15 is 0 Å². The van der Waals surface area contributed by atoms with E-state index in [1.165, 1.54) is 5.56 Å². The summed E-state index contributed by atoms with van der Waals surface area (Å²) in [6.45, 7) is 3.24. The smallest absolute Gasteiger partial charge is 0.199 e. The Hall–Kier alpha value is -3.33. The molecule has 4 heterocycles. The molecule has 0 N–H and O–H groups in total. The zero-order valence-corrected chi connectivity index (χ0v) is 21.3. The first-order valence-electron chi connectivity index (χ1n) is 12.2. The molecule has 9 heteroatoms. The molecule has 7 nitrogen and oxygen atoms in total. The lowest BCUT2D eigenvalue weighted by Gasteiger charge is -2.30. The van der Waals surface area contributed by atoms with Crippen molar-refractivity contribution >= 4 is 29.5 Å². The quantitative estimate of drug-likeness (QED) is 0.273. The molecule has 182 valence electrons. The average Bonchev–Trinajstić information content (AvgIpc) is 3.48. The highest BCUT2D eigenvalue weighted by Gasteiger charge is 2.25. The summed E-state index contributed by atoms with van der Waals surface area (Å²) >= 11 is 12.1. The fraction of sp³-hybridized carbons (Fsp3) is 0.259. The van der Waals surface area contributed by atoms with E-state index in [-0.39, 0.29) is 0 Å². The van der Waals surface area contributed by atoms with Crippen molar-refractivity contribution < 1.29 is 0 Å². The number of rotatable bonds is 6. The molecule has 0 unspecified atom stereocenters. The summed E-state index contributed by atoms with van der Waals surface area (Å²) in [5.74, 6) is 2.30. The van der Waals surface area contributed by atoms with E-state index in [0.29, 0.717) is 24.2 Å². The minimum Gasteiger partial charge on any atom is -0.295 e. The molecule has 0 aliphatic carbocycles. The number of benzene rings is 2. The summed E-state index contributed by atoms with van der Waals surface area (Å²) in [6.07, 6.45) is 4.10. The van der Waals surface area contributed by atoms with Crippen LogP contribution in [0.3, 0.4) is 0 Å². The van der Waals surface area contributed by atoms with Crippen LogP contribution in [0.25, 0.3) is 17.0 Å². The standard InChI is InChI=1S/C27H26ClN7S/c28-23-11-9-21(10-12-23)26-31-35(27(36)34(26)18-20-6-2-1-3-7-20)19-32-16-13-22(14-17-32)25-30-29-24-8-4-5-15-33(24)25/h1-12,15,22H,13-14,16-19H2. The summed E-state index contributed by atoms with van der Waals surface area (Å²) in [7, 11) is 0. The highest BCUT2D eigenvalue weighted by molar-refractivity contribution is 7.71. The summed E-state index contributed by atoms with van der Waals surface area (Å²) in [5, 5.41) is 14.5. The van der Waals surface area contributed by atoms with Crippen LogP contribution < -0.4 is 0 Å². The molecule has 1 aliphatic heterocycles. The molecule has 0 saturated carbocycles. The third kappa shape index (κ3) is 4.59. The van der Waals surface area contributed by atoms with Crippen LogP contribution in [0.2, 0.25) is 5.02 Å². The first kappa shape index (κ1) is 23.1. The average molecular weight is 516 g/mol. The van der Waals surface area contributed by atoms with E-state index in [2.05, 4.69) is 36.2 Å². The van der Waals surface area contributed by atoms with Gasteiger partial charge in [0.05, 0.1) is 13.2 Å². The molecule has 0 amide bonds. The molecule has 2 aromatic carbocycles. The normalized spacial score (nSPS) is 15.0. The molecule has 3 aromatic heterocycles. The topological polar surface area (TPSA) is 56.2 Å². The highest BCUT2D eigenvalue weighted by atomic mass is 35.5. The fourth-order valence-corrected chi connectivity index (χ4v) is 5.29.